The van der Waals surface area contributed by atoms with Crippen molar-refractivity contribution in [1.82, 2.24) is 0 Å². The van der Waals surface area contributed by atoms with E-state index < -0.39 is 7.12 Å². The highest BCUT2D eigenvalue weighted by Crippen LogP contribution is 2.18. The van der Waals surface area contributed by atoms with Gasteiger partial charge in [0.1, 0.15) is 5.75 Å². The van der Waals surface area contributed by atoms with E-state index in [2.05, 4.69) is 0 Å². The Balaban J connectivity index is 3.45. The van der Waals surface area contributed by atoms with Gasteiger partial charge in [0.05, 0.1) is 7.11 Å². The number of hydrogen-bond donors (Lipinski definition) is 2. The second-order valence-electron chi connectivity index (χ2n) is 3.43. The van der Waals surface area contributed by atoms with E-state index in [9.17, 15) is 10.0 Å². The first kappa shape index (κ1) is 11.1. The Labute approximate surface area is 84.5 Å². The van der Waals surface area contributed by atoms with Crippen LogP contribution >= 0.6 is 0 Å². The first-order valence-electron chi connectivity index (χ1n) is 4.49. The largest absolute Gasteiger partial charge is 0.497 e. The topological polar surface area (TPSA) is 49.7 Å². The molecule has 0 fully saturated rings. The molecule has 4 heteroatoms. The maximum atomic E-state index is 9.21. The number of ether oxygens (including phenoxy) is 1. The quantitative estimate of drug-likeness (QED) is 0.665. The monoisotopic (exact) mass is 194 g/mol. The lowest BCUT2D eigenvalue weighted by Crippen LogP contribution is -2.34. The molecule has 0 unspecified atom stereocenters. The first-order valence-corrected chi connectivity index (χ1v) is 4.49. The lowest BCUT2D eigenvalue weighted by atomic mass is 9.74. The van der Waals surface area contributed by atoms with Gasteiger partial charge >= 0.3 is 7.12 Å². The average molecular weight is 194 g/mol. The lowest BCUT2D eigenvalue weighted by molar-refractivity contribution is 0.402. The third kappa shape index (κ3) is 1.76. The molecule has 1 aromatic rings. The number of benzene rings is 1. The van der Waals surface area contributed by atoms with Crippen LogP contribution in [0.5, 0.6) is 5.75 Å². The van der Waals surface area contributed by atoms with Crippen LogP contribution in [-0.4, -0.2) is 24.3 Å². The fourth-order valence-electron chi connectivity index (χ4n) is 1.55. The van der Waals surface area contributed by atoms with Crippen molar-refractivity contribution < 1.29 is 14.8 Å². The van der Waals surface area contributed by atoms with Gasteiger partial charge in [-0.2, -0.15) is 0 Å². The summed E-state index contributed by atoms with van der Waals surface area (Å²) >= 11 is 0. The van der Waals surface area contributed by atoms with Crippen LogP contribution in [0, 0.1) is 20.8 Å². The number of rotatable bonds is 2. The summed E-state index contributed by atoms with van der Waals surface area (Å²) in [5.74, 6) is 0.528. The summed E-state index contributed by atoms with van der Waals surface area (Å²) in [6.45, 7) is 5.79. The van der Waals surface area contributed by atoms with Crippen molar-refractivity contribution in [2.45, 2.75) is 20.8 Å². The van der Waals surface area contributed by atoms with Gasteiger partial charge in [0, 0.05) is 5.46 Å². The molecule has 0 aliphatic rings. The standard InChI is InChI=1S/C10H15BO3/c1-6-5-9(14-4)10(11(12)13)8(3)7(6)2/h5,12-13H,1-4H3. The molecule has 0 saturated heterocycles. The minimum Gasteiger partial charge on any atom is -0.497 e. The van der Waals surface area contributed by atoms with Gasteiger partial charge in [-0.25, -0.2) is 0 Å². The van der Waals surface area contributed by atoms with E-state index in [4.69, 9.17) is 4.74 Å². The zero-order valence-corrected chi connectivity index (χ0v) is 8.96. The van der Waals surface area contributed by atoms with Gasteiger partial charge in [-0.3, -0.25) is 0 Å². The van der Waals surface area contributed by atoms with Crippen molar-refractivity contribution >= 4 is 12.6 Å². The summed E-state index contributed by atoms with van der Waals surface area (Å²) in [5, 5.41) is 18.4. The molecule has 0 amide bonds. The van der Waals surface area contributed by atoms with Crippen molar-refractivity contribution in [1.29, 1.82) is 0 Å². The molecular formula is C10H15BO3. The summed E-state index contributed by atoms with van der Waals surface area (Å²) in [6, 6.07) is 1.82. The Morgan fingerprint density at radius 1 is 1.14 bits per heavy atom. The molecule has 1 rings (SSSR count). The predicted molar refractivity (Wildman–Crippen MR) is 57.0 cm³/mol. The zero-order valence-electron chi connectivity index (χ0n) is 8.96. The predicted octanol–water partition coefficient (Wildman–Crippen LogP) is 0.300. The SMILES string of the molecule is COc1cc(C)c(C)c(C)c1B(O)O. The smallest absolute Gasteiger partial charge is 0.492 e. The Kier molecular flexibility index (Phi) is 3.19. The number of hydrogen-bond acceptors (Lipinski definition) is 3. The van der Waals surface area contributed by atoms with E-state index >= 15 is 0 Å². The Morgan fingerprint density at radius 2 is 1.71 bits per heavy atom. The second-order valence-corrected chi connectivity index (χ2v) is 3.43. The molecule has 0 spiro atoms. The van der Waals surface area contributed by atoms with Crippen molar-refractivity contribution in [3.63, 3.8) is 0 Å². The minimum absolute atomic E-state index is 0.454. The normalized spacial score (nSPS) is 10.1. The Hall–Kier alpha value is -0.995. The Morgan fingerprint density at radius 3 is 2.14 bits per heavy atom. The third-order valence-corrected chi connectivity index (χ3v) is 2.65. The van der Waals surface area contributed by atoms with E-state index in [0.29, 0.717) is 11.2 Å². The summed E-state index contributed by atoms with van der Waals surface area (Å²) in [7, 11) is 0.0411. The van der Waals surface area contributed by atoms with Gasteiger partial charge in [-0.15, -0.1) is 0 Å². The van der Waals surface area contributed by atoms with Gasteiger partial charge in [0.2, 0.25) is 0 Å². The molecule has 0 aromatic heterocycles. The highest BCUT2D eigenvalue weighted by molar-refractivity contribution is 6.60. The summed E-state index contributed by atoms with van der Waals surface area (Å²) < 4.78 is 5.10. The number of methoxy groups -OCH3 is 1. The van der Waals surface area contributed by atoms with E-state index in [-0.39, 0.29) is 0 Å². The van der Waals surface area contributed by atoms with Crippen molar-refractivity contribution in [3.05, 3.63) is 22.8 Å². The molecular weight excluding hydrogens is 179 g/mol. The zero-order chi connectivity index (χ0) is 10.9. The fraction of sp³-hybridized carbons (Fsp3) is 0.400. The highest BCUT2D eigenvalue weighted by Gasteiger charge is 2.21. The summed E-state index contributed by atoms with van der Waals surface area (Å²) in [6.07, 6.45) is 0. The molecule has 0 heterocycles. The molecule has 0 aliphatic heterocycles. The lowest BCUT2D eigenvalue weighted by Gasteiger charge is -2.15. The molecule has 0 radical (unpaired) electrons. The molecule has 0 aliphatic carbocycles. The maximum Gasteiger partial charge on any atom is 0.492 e. The second kappa shape index (κ2) is 4.03. The van der Waals surface area contributed by atoms with Gasteiger partial charge < -0.3 is 14.8 Å². The van der Waals surface area contributed by atoms with Gasteiger partial charge in [0.15, 0.2) is 0 Å². The molecule has 76 valence electrons. The van der Waals surface area contributed by atoms with Crippen LogP contribution in [0.15, 0.2) is 6.07 Å². The minimum atomic E-state index is -1.48. The molecule has 0 bridgehead atoms. The highest BCUT2D eigenvalue weighted by atomic mass is 16.5. The summed E-state index contributed by atoms with van der Waals surface area (Å²) in [5.41, 5.74) is 3.48. The van der Waals surface area contributed by atoms with E-state index in [1.807, 2.05) is 26.8 Å². The summed E-state index contributed by atoms with van der Waals surface area (Å²) in [4.78, 5) is 0. The molecule has 2 N–H and O–H groups in total. The van der Waals surface area contributed by atoms with Gasteiger partial charge in [-0.1, -0.05) is 0 Å². The molecule has 14 heavy (non-hydrogen) atoms. The fourth-order valence-corrected chi connectivity index (χ4v) is 1.55. The van der Waals surface area contributed by atoms with E-state index in [0.717, 1.165) is 16.7 Å². The first-order chi connectivity index (χ1) is 6.49. The van der Waals surface area contributed by atoms with Crippen molar-refractivity contribution in [2.75, 3.05) is 7.11 Å². The maximum absolute atomic E-state index is 9.21. The third-order valence-electron chi connectivity index (χ3n) is 2.65. The van der Waals surface area contributed by atoms with E-state index in [1.54, 1.807) is 0 Å². The van der Waals surface area contributed by atoms with Crippen molar-refractivity contribution in [2.24, 2.45) is 0 Å². The van der Waals surface area contributed by atoms with Crippen LogP contribution in [0.2, 0.25) is 0 Å². The van der Waals surface area contributed by atoms with Crippen LogP contribution < -0.4 is 10.2 Å². The Bertz CT molecular complexity index is 348. The average Bonchev–Trinajstić information content (AvgIpc) is 2.12. The van der Waals surface area contributed by atoms with Crippen molar-refractivity contribution in [3.8, 4) is 5.75 Å². The van der Waals surface area contributed by atoms with Gasteiger partial charge in [0.25, 0.3) is 0 Å². The molecule has 1 aromatic carbocycles. The van der Waals surface area contributed by atoms with Crippen LogP contribution in [0.4, 0.5) is 0 Å². The van der Waals surface area contributed by atoms with Gasteiger partial charge in [-0.05, 0) is 43.5 Å². The molecule has 0 saturated carbocycles. The number of aryl methyl sites for hydroxylation is 1. The van der Waals surface area contributed by atoms with Crippen LogP contribution in [0.1, 0.15) is 16.7 Å². The van der Waals surface area contributed by atoms with Crippen LogP contribution in [0.3, 0.4) is 0 Å². The van der Waals surface area contributed by atoms with Crippen LogP contribution in [0.25, 0.3) is 0 Å². The molecule has 3 nitrogen and oxygen atoms in total. The molecule has 0 atom stereocenters. The van der Waals surface area contributed by atoms with Crippen LogP contribution in [-0.2, 0) is 0 Å². The van der Waals surface area contributed by atoms with E-state index in [1.165, 1.54) is 7.11 Å².